The number of hydrazine groups is 1. The molecule has 0 bridgehead atoms. The number of benzene rings is 1. The maximum Gasteiger partial charge on any atom is 0.242 e. The van der Waals surface area contributed by atoms with E-state index in [9.17, 15) is 48.3 Å². The SMILES string of the molecule is CC(=O)C[C@]1(C)CCCCCCCCCCC[C@@](C)(C(=O)N[C@@H](CO)C(N)=O)NN[C@@H](CC(C)C)C(=O)C(=O)[C@H](CCC(N)=O)NC(=O)C(C)NC(=O)[C@H](Cc2c[nH]c3ccccc23)CC1=O. The normalized spacial score (nSPS) is 26.0. The lowest BCUT2D eigenvalue weighted by atomic mass is 9.73. The summed E-state index contributed by atoms with van der Waals surface area (Å²) in [7, 11) is 0. The third-order valence-electron chi connectivity index (χ3n) is 12.8. The molecule has 0 saturated carbocycles. The number of carbonyl (C=O) groups is 9. The number of nitrogens with two attached hydrogens (primary N) is 2. The molecule has 1 unspecified atom stereocenters. The van der Waals surface area contributed by atoms with E-state index in [1.165, 1.54) is 13.8 Å². The summed E-state index contributed by atoms with van der Waals surface area (Å²) >= 11 is 0. The Hall–Kier alpha value is -5.33. The van der Waals surface area contributed by atoms with E-state index in [1.54, 1.807) is 20.0 Å². The highest BCUT2D eigenvalue weighted by molar-refractivity contribution is 6.41. The van der Waals surface area contributed by atoms with Gasteiger partial charge in [-0.3, -0.25) is 43.2 Å². The lowest BCUT2D eigenvalue weighted by Gasteiger charge is -2.33. The number of aliphatic hydroxyl groups excluding tert-OH is 1. The van der Waals surface area contributed by atoms with Crippen LogP contribution in [0, 0.1) is 17.3 Å². The van der Waals surface area contributed by atoms with Crippen LogP contribution in [0.2, 0.25) is 0 Å². The smallest absolute Gasteiger partial charge is 0.242 e. The second kappa shape index (κ2) is 26.9. The maximum atomic E-state index is 14.4. The molecule has 0 aliphatic carbocycles. The number of H-pyrrole nitrogens is 1. The number of aromatic amines is 1. The van der Waals surface area contributed by atoms with Crippen LogP contribution in [0.3, 0.4) is 0 Å². The molecule has 1 aromatic heterocycles. The number of aliphatic hydroxyl groups is 1. The number of aromatic nitrogens is 1. The molecular weight excluding hydrogens is 861 g/mol. The van der Waals surface area contributed by atoms with Gasteiger partial charge in [-0.1, -0.05) is 96.8 Å². The Labute approximate surface area is 394 Å². The first-order valence-electron chi connectivity index (χ1n) is 23.9. The number of para-hydroxylation sites is 1. The van der Waals surface area contributed by atoms with Gasteiger partial charge in [-0.15, -0.1) is 0 Å². The van der Waals surface area contributed by atoms with E-state index in [-0.39, 0.29) is 62.4 Å². The number of ketones is 4. The third kappa shape index (κ3) is 17.7. The van der Waals surface area contributed by atoms with Gasteiger partial charge in [0, 0.05) is 47.7 Å². The van der Waals surface area contributed by atoms with Crippen LogP contribution >= 0.6 is 0 Å². The van der Waals surface area contributed by atoms with Gasteiger partial charge in [0.05, 0.1) is 18.7 Å². The van der Waals surface area contributed by atoms with Gasteiger partial charge in [-0.05, 0) is 70.4 Å². The van der Waals surface area contributed by atoms with Gasteiger partial charge in [0.25, 0.3) is 0 Å². The van der Waals surface area contributed by atoms with Gasteiger partial charge < -0.3 is 37.5 Å². The molecule has 1 fully saturated rings. The summed E-state index contributed by atoms with van der Waals surface area (Å²) in [6, 6.07) is 2.08. The second-order valence-corrected chi connectivity index (χ2v) is 19.4. The zero-order chi connectivity index (χ0) is 49.9. The number of hydrogen-bond acceptors (Lipinski definition) is 12. The Morgan fingerprint density at radius 2 is 1.43 bits per heavy atom. The number of carbonyl (C=O) groups excluding carboxylic acids is 9. The van der Waals surface area contributed by atoms with Crippen molar-refractivity contribution in [2.45, 2.75) is 180 Å². The van der Waals surface area contributed by atoms with Crippen molar-refractivity contribution < 1.29 is 48.3 Å². The molecule has 67 heavy (non-hydrogen) atoms. The molecule has 0 spiro atoms. The van der Waals surface area contributed by atoms with Crippen LogP contribution in [0.4, 0.5) is 0 Å². The maximum absolute atomic E-state index is 14.4. The van der Waals surface area contributed by atoms with Gasteiger partial charge in [-0.2, -0.15) is 0 Å². The highest BCUT2D eigenvalue weighted by atomic mass is 16.3. The highest BCUT2D eigenvalue weighted by Gasteiger charge is 2.40. The lowest BCUT2D eigenvalue weighted by molar-refractivity contribution is -0.141. The topological polar surface area (TPSA) is 302 Å². The first-order chi connectivity index (χ1) is 31.6. The van der Waals surface area contributed by atoms with Crippen molar-refractivity contribution in [2.24, 2.45) is 28.7 Å². The van der Waals surface area contributed by atoms with Crippen molar-refractivity contribution in [3.05, 3.63) is 36.0 Å². The Kier molecular flexibility index (Phi) is 22.5. The average Bonchev–Trinajstić information content (AvgIpc) is 3.67. The fourth-order valence-corrected chi connectivity index (χ4v) is 8.70. The van der Waals surface area contributed by atoms with Crippen LogP contribution in [0.5, 0.6) is 0 Å². The fraction of sp³-hybridized carbons (Fsp3) is 0.653. The van der Waals surface area contributed by atoms with E-state index in [0.717, 1.165) is 61.4 Å². The van der Waals surface area contributed by atoms with Crippen LogP contribution < -0.4 is 38.3 Å². The first kappa shape index (κ1) is 56.0. The van der Waals surface area contributed by atoms with Crippen LogP contribution in [0.1, 0.15) is 150 Å². The minimum atomic E-state index is -1.54. The van der Waals surface area contributed by atoms with Crippen molar-refractivity contribution in [2.75, 3.05) is 6.61 Å². The molecule has 1 aliphatic rings. The molecular formula is C49H76N8O10. The van der Waals surface area contributed by atoms with Crippen molar-refractivity contribution in [3.8, 4) is 0 Å². The lowest BCUT2D eigenvalue weighted by Crippen LogP contribution is -2.65. The van der Waals surface area contributed by atoms with Crippen LogP contribution in [0.25, 0.3) is 10.9 Å². The molecule has 11 N–H and O–H groups in total. The Bertz CT molecular complexity index is 2050. The summed E-state index contributed by atoms with van der Waals surface area (Å²) in [5.41, 5.74) is 15.8. The molecule has 0 radical (unpaired) electrons. The molecule has 5 amide bonds. The van der Waals surface area contributed by atoms with E-state index in [4.69, 9.17) is 11.5 Å². The van der Waals surface area contributed by atoms with E-state index >= 15 is 0 Å². The van der Waals surface area contributed by atoms with Crippen molar-refractivity contribution in [1.29, 1.82) is 0 Å². The van der Waals surface area contributed by atoms with E-state index in [1.807, 2.05) is 38.1 Å². The van der Waals surface area contributed by atoms with Gasteiger partial charge in [-0.25, -0.2) is 10.9 Å². The number of primary amides is 2. The molecule has 2 aromatic rings. The quantitative estimate of drug-likeness (QED) is 0.131. The van der Waals surface area contributed by atoms with E-state index < -0.39 is 88.7 Å². The molecule has 3 rings (SSSR count). The molecule has 7 atom stereocenters. The molecule has 18 nitrogen and oxygen atoms in total. The predicted octanol–water partition coefficient (Wildman–Crippen LogP) is 3.20. The molecule has 1 aliphatic heterocycles. The van der Waals surface area contributed by atoms with Crippen LogP contribution in [0.15, 0.2) is 30.5 Å². The van der Waals surface area contributed by atoms with Gasteiger partial charge in [0.15, 0.2) is 0 Å². The standard InChI is InChI=1S/C49H76N8O10/c1-30(2)24-38-43(63)42(62)37(20-21-41(50)61)54-45(65)32(4)53-46(66)33(25-34-28-52-36-19-15-14-18-35(34)36)26-40(60)48(5,27-31(3)59)22-16-12-10-8-7-9-11-13-17-23-49(6,57-56-38)47(67)55-39(29-58)44(51)64/h14-15,18-19,28,30,32-33,37-39,52,56-58H,7-13,16-17,20-27,29H2,1-6H3,(H2,50,61)(H2,51,64)(H,53,66)(H,54,65)(H,55,67)/t32?,33-,37+,38+,39+,48+,49+/m1/s1. The molecule has 18 heteroatoms. The second-order valence-electron chi connectivity index (χ2n) is 19.4. The number of fused-ring (bicyclic) bond motifs is 1. The van der Waals surface area contributed by atoms with Gasteiger partial charge >= 0.3 is 0 Å². The number of Topliss-reactive ketones (excluding diaryl/α,β-unsaturated/α-hetero) is 4. The molecule has 1 saturated heterocycles. The zero-order valence-electron chi connectivity index (χ0n) is 40.4. The van der Waals surface area contributed by atoms with Crippen molar-refractivity contribution in [1.82, 2.24) is 31.8 Å². The molecule has 1 aromatic carbocycles. The fourth-order valence-electron chi connectivity index (χ4n) is 8.70. The zero-order valence-corrected chi connectivity index (χ0v) is 40.4. The third-order valence-corrected chi connectivity index (χ3v) is 12.8. The van der Waals surface area contributed by atoms with E-state index in [0.29, 0.717) is 19.3 Å². The average molecular weight is 937 g/mol. The number of amides is 5. The minimum Gasteiger partial charge on any atom is -0.394 e. The number of rotatable bonds is 13. The number of hydrogen-bond donors (Lipinski definition) is 9. The summed E-state index contributed by atoms with van der Waals surface area (Å²) < 4.78 is 0. The van der Waals surface area contributed by atoms with Gasteiger partial charge in [0.2, 0.25) is 41.1 Å². The summed E-state index contributed by atoms with van der Waals surface area (Å²) in [6.45, 7) is 9.09. The summed E-state index contributed by atoms with van der Waals surface area (Å²) in [6.07, 6.45) is 9.30. The molecule has 372 valence electrons. The van der Waals surface area contributed by atoms with Crippen molar-refractivity contribution >= 4 is 63.6 Å². The van der Waals surface area contributed by atoms with Crippen LogP contribution in [-0.2, 0) is 49.6 Å². The predicted molar refractivity (Wildman–Crippen MR) is 253 cm³/mol. The largest absolute Gasteiger partial charge is 0.394 e. The summed E-state index contributed by atoms with van der Waals surface area (Å²) in [5, 5.41) is 18.3. The summed E-state index contributed by atoms with van der Waals surface area (Å²) in [5.74, 6) is -7.40. The highest BCUT2D eigenvalue weighted by Crippen LogP contribution is 2.34. The Balaban J connectivity index is 2.02. The molecule has 2 heterocycles. The monoisotopic (exact) mass is 937 g/mol. The minimum absolute atomic E-state index is 0.0163. The Morgan fingerprint density at radius 1 is 0.836 bits per heavy atom. The summed E-state index contributed by atoms with van der Waals surface area (Å²) in [4.78, 5) is 124. The van der Waals surface area contributed by atoms with Crippen molar-refractivity contribution in [3.63, 3.8) is 0 Å². The van der Waals surface area contributed by atoms with E-state index in [2.05, 4.69) is 31.8 Å². The number of nitrogens with one attached hydrogen (secondary N) is 6. The first-order valence-corrected chi connectivity index (χ1v) is 23.9. The Morgan fingerprint density at radius 3 is 2.01 bits per heavy atom. The van der Waals surface area contributed by atoms with Crippen LogP contribution in [-0.4, -0.2) is 99.1 Å². The van der Waals surface area contributed by atoms with Gasteiger partial charge in [0.1, 0.15) is 29.2 Å².